The van der Waals surface area contributed by atoms with Gasteiger partial charge in [-0.25, -0.2) is 4.98 Å². The summed E-state index contributed by atoms with van der Waals surface area (Å²) in [5.41, 5.74) is 2.94. The summed E-state index contributed by atoms with van der Waals surface area (Å²) in [6.07, 6.45) is 0.0257. The monoisotopic (exact) mass is 359 g/mol. The van der Waals surface area contributed by atoms with E-state index in [1.54, 1.807) is 11.3 Å². The van der Waals surface area contributed by atoms with Crippen LogP contribution in [0.1, 0.15) is 17.4 Å². The van der Waals surface area contributed by atoms with E-state index in [-0.39, 0.29) is 0 Å². The summed E-state index contributed by atoms with van der Waals surface area (Å²) >= 11 is 5.08. The van der Waals surface area contributed by atoms with Gasteiger partial charge in [-0.05, 0) is 17.7 Å². The van der Waals surface area contributed by atoms with E-state index in [1.165, 1.54) is 0 Å². The molecule has 4 heteroatoms. The van der Waals surface area contributed by atoms with Crippen molar-refractivity contribution < 1.29 is 5.11 Å². The van der Waals surface area contributed by atoms with Crippen molar-refractivity contribution in [3.8, 4) is 10.6 Å². The van der Waals surface area contributed by atoms with E-state index in [0.717, 1.165) is 26.3 Å². The van der Waals surface area contributed by atoms with Gasteiger partial charge in [-0.2, -0.15) is 0 Å². The van der Waals surface area contributed by atoms with Gasteiger partial charge in [-0.3, -0.25) is 0 Å². The Bertz CT molecular complexity index is 726. The summed E-state index contributed by atoms with van der Waals surface area (Å²) in [4.78, 5) is 4.62. The van der Waals surface area contributed by atoms with Crippen molar-refractivity contribution in [3.05, 3.63) is 75.7 Å². The fourth-order valence-corrected chi connectivity index (χ4v) is 3.37. The first-order valence-corrected chi connectivity index (χ1v) is 8.33. The first kappa shape index (κ1) is 14.4. The summed E-state index contributed by atoms with van der Waals surface area (Å²) in [5.74, 6) is 0. The van der Waals surface area contributed by atoms with E-state index >= 15 is 0 Å². The van der Waals surface area contributed by atoms with E-state index in [2.05, 4.69) is 27.0 Å². The van der Waals surface area contributed by atoms with Gasteiger partial charge in [0.1, 0.15) is 5.01 Å². The Kier molecular flexibility index (Phi) is 4.48. The third-order valence-corrected chi connectivity index (χ3v) is 4.64. The van der Waals surface area contributed by atoms with Crippen molar-refractivity contribution >= 4 is 27.3 Å². The van der Waals surface area contributed by atoms with Crippen LogP contribution in [0.5, 0.6) is 0 Å². The molecular weight excluding hydrogens is 346 g/mol. The van der Waals surface area contributed by atoms with Crippen LogP contribution in [0.2, 0.25) is 0 Å². The first-order chi connectivity index (χ1) is 10.2. The molecule has 1 N–H and O–H groups in total. The number of thiazole rings is 1. The van der Waals surface area contributed by atoms with Gasteiger partial charge in [0.2, 0.25) is 0 Å². The zero-order valence-electron chi connectivity index (χ0n) is 11.2. The summed E-state index contributed by atoms with van der Waals surface area (Å²) in [6.45, 7) is 0. The average molecular weight is 360 g/mol. The molecule has 21 heavy (non-hydrogen) atoms. The summed E-state index contributed by atoms with van der Waals surface area (Å²) in [6, 6.07) is 17.8. The fourth-order valence-electron chi connectivity index (χ4n) is 2.15. The van der Waals surface area contributed by atoms with Gasteiger partial charge in [0, 0.05) is 21.8 Å². The van der Waals surface area contributed by atoms with E-state index in [1.807, 2.05) is 53.9 Å². The molecule has 0 saturated heterocycles. The highest BCUT2D eigenvalue weighted by Crippen LogP contribution is 2.28. The fraction of sp³-hybridized carbons (Fsp3) is 0.118. The predicted molar refractivity (Wildman–Crippen MR) is 90.4 cm³/mol. The number of halogens is 1. The van der Waals surface area contributed by atoms with Crippen LogP contribution in [0, 0.1) is 0 Å². The second-order valence-corrected chi connectivity index (χ2v) is 6.56. The van der Waals surface area contributed by atoms with E-state index in [0.29, 0.717) is 6.42 Å². The molecular formula is C17H14BrNOS. The lowest BCUT2D eigenvalue weighted by Crippen LogP contribution is -2.01. The highest BCUT2D eigenvalue weighted by molar-refractivity contribution is 9.10. The van der Waals surface area contributed by atoms with Crippen molar-refractivity contribution in [1.82, 2.24) is 4.98 Å². The van der Waals surface area contributed by atoms with Gasteiger partial charge in [-0.15, -0.1) is 11.3 Å². The van der Waals surface area contributed by atoms with Crippen LogP contribution in [-0.4, -0.2) is 10.1 Å². The molecule has 3 rings (SSSR count). The van der Waals surface area contributed by atoms with Crippen molar-refractivity contribution in [2.45, 2.75) is 12.5 Å². The summed E-state index contributed by atoms with van der Waals surface area (Å²) in [5, 5.41) is 13.2. The zero-order chi connectivity index (χ0) is 14.7. The normalized spacial score (nSPS) is 12.3. The van der Waals surface area contributed by atoms with Crippen LogP contribution in [0.4, 0.5) is 0 Å². The molecule has 0 fully saturated rings. The molecule has 0 bridgehead atoms. The first-order valence-electron chi connectivity index (χ1n) is 6.66. The number of aliphatic hydroxyl groups excluding tert-OH is 1. The van der Waals surface area contributed by atoms with E-state index < -0.39 is 6.10 Å². The minimum atomic E-state index is -0.511. The van der Waals surface area contributed by atoms with Gasteiger partial charge >= 0.3 is 0 Å². The van der Waals surface area contributed by atoms with Crippen LogP contribution in [0.25, 0.3) is 10.6 Å². The molecule has 0 radical (unpaired) electrons. The van der Waals surface area contributed by atoms with Gasteiger partial charge in [0.15, 0.2) is 0 Å². The van der Waals surface area contributed by atoms with E-state index in [4.69, 9.17) is 0 Å². The minimum absolute atomic E-state index is 0.511. The molecule has 1 heterocycles. The van der Waals surface area contributed by atoms with Gasteiger partial charge in [-0.1, -0.05) is 58.4 Å². The Labute approximate surface area is 136 Å². The van der Waals surface area contributed by atoms with E-state index in [9.17, 15) is 5.11 Å². The number of aliphatic hydroxyl groups is 1. The summed E-state index contributed by atoms with van der Waals surface area (Å²) in [7, 11) is 0. The number of nitrogens with zero attached hydrogens (tertiary/aromatic N) is 1. The van der Waals surface area contributed by atoms with Crippen molar-refractivity contribution in [1.29, 1.82) is 0 Å². The molecule has 1 aromatic heterocycles. The van der Waals surface area contributed by atoms with Crippen LogP contribution < -0.4 is 0 Å². The topological polar surface area (TPSA) is 33.1 Å². The number of aromatic nitrogens is 1. The Morgan fingerprint density at radius 3 is 2.67 bits per heavy atom. The van der Waals surface area contributed by atoms with Crippen molar-refractivity contribution in [2.24, 2.45) is 0 Å². The third-order valence-electron chi connectivity index (χ3n) is 3.21. The lowest BCUT2D eigenvalue weighted by atomic mass is 10.1. The van der Waals surface area contributed by atoms with Crippen LogP contribution in [-0.2, 0) is 6.42 Å². The molecule has 2 aromatic carbocycles. The maximum Gasteiger partial charge on any atom is 0.123 e. The Hall–Kier alpha value is -1.49. The maximum atomic E-state index is 10.3. The molecule has 0 spiro atoms. The Morgan fingerprint density at radius 2 is 1.90 bits per heavy atom. The SMILES string of the molecule is OC(Cc1csc(-c2cccc(Br)c2)n1)c1ccccc1. The standard InChI is InChI=1S/C17H14BrNOS/c18-14-8-4-7-13(9-14)17-19-15(11-21-17)10-16(20)12-5-2-1-3-6-12/h1-9,11,16,20H,10H2. The quantitative estimate of drug-likeness (QED) is 0.722. The molecule has 106 valence electrons. The molecule has 0 aliphatic heterocycles. The highest BCUT2D eigenvalue weighted by atomic mass is 79.9. The molecule has 0 saturated carbocycles. The van der Waals surface area contributed by atoms with Gasteiger partial charge in [0.25, 0.3) is 0 Å². The molecule has 0 amide bonds. The molecule has 1 atom stereocenters. The van der Waals surface area contributed by atoms with Crippen LogP contribution in [0.15, 0.2) is 64.5 Å². The van der Waals surface area contributed by atoms with Crippen molar-refractivity contribution in [2.75, 3.05) is 0 Å². The van der Waals surface area contributed by atoms with Crippen LogP contribution >= 0.6 is 27.3 Å². The number of rotatable bonds is 4. The molecule has 0 aliphatic carbocycles. The largest absolute Gasteiger partial charge is 0.388 e. The van der Waals surface area contributed by atoms with Crippen molar-refractivity contribution in [3.63, 3.8) is 0 Å². The second-order valence-electron chi connectivity index (χ2n) is 4.78. The Morgan fingerprint density at radius 1 is 1.10 bits per heavy atom. The second kappa shape index (κ2) is 6.52. The Balaban J connectivity index is 1.76. The number of hydrogen-bond donors (Lipinski definition) is 1. The highest BCUT2D eigenvalue weighted by Gasteiger charge is 2.11. The maximum absolute atomic E-state index is 10.3. The molecule has 0 aliphatic rings. The predicted octanol–water partition coefficient (Wildman–Crippen LogP) is 4.85. The summed E-state index contributed by atoms with van der Waals surface area (Å²) < 4.78 is 1.04. The molecule has 2 nitrogen and oxygen atoms in total. The lowest BCUT2D eigenvalue weighted by molar-refractivity contribution is 0.177. The minimum Gasteiger partial charge on any atom is -0.388 e. The molecule has 3 aromatic rings. The zero-order valence-corrected chi connectivity index (χ0v) is 13.6. The molecule has 1 unspecified atom stereocenters. The average Bonchev–Trinajstić information content (AvgIpc) is 2.97. The smallest absolute Gasteiger partial charge is 0.123 e. The van der Waals surface area contributed by atoms with Gasteiger partial charge in [0.05, 0.1) is 11.8 Å². The lowest BCUT2D eigenvalue weighted by Gasteiger charge is -2.08. The third kappa shape index (κ3) is 3.59. The van der Waals surface area contributed by atoms with Gasteiger partial charge < -0.3 is 5.11 Å². The van der Waals surface area contributed by atoms with Crippen LogP contribution in [0.3, 0.4) is 0 Å². The number of hydrogen-bond acceptors (Lipinski definition) is 3. The number of benzene rings is 2.